The number of nitrogens with one attached hydrogen (secondary N) is 2. The zero-order valence-electron chi connectivity index (χ0n) is 20.5. The first-order valence-electron chi connectivity index (χ1n) is 12.4. The van der Waals surface area contributed by atoms with Gasteiger partial charge in [0.05, 0.1) is 5.02 Å². The van der Waals surface area contributed by atoms with Crippen molar-refractivity contribution in [1.82, 2.24) is 25.5 Å². The third kappa shape index (κ3) is 6.58. The second kappa shape index (κ2) is 12.4. The molecule has 11 heteroatoms. The number of nitrogens with zero attached hydrogens (tertiary/aromatic N) is 4. The Labute approximate surface area is 224 Å². The number of likely N-dealkylation sites (tertiary alicyclic amines) is 1. The summed E-state index contributed by atoms with van der Waals surface area (Å²) in [5.74, 6) is 5.64. The van der Waals surface area contributed by atoms with E-state index in [1.807, 2.05) is 11.5 Å². The Bertz CT molecular complexity index is 1060. The van der Waals surface area contributed by atoms with Crippen molar-refractivity contribution in [2.45, 2.75) is 51.4 Å². The van der Waals surface area contributed by atoms with E-state index in [0.29, 0.717) is 40.8 Å². The van der Waals surface area contributed by atoms with Crippen molar-refractivity contribution in [2.75, 3.05) is 37.6 Å². The van der Waals surface area contributed by atoms with Crippen LogP contribution < -0.4 is 21.5 Å². The van der Waals surface area contributed by atoms with Gasteiger partial charge in [0.1, 0.15) is 11.6 Å². The number of hydrazine groups is 1. The number of carbonyl (C=O) groups excluding carboxylic acids is 1. The van der Waals surface area contributed by atoms with Crippen molar-refractivity contribution in [2.24, 2.45) is 5.84 Å². The van der Waals surface area contributed by atoms with Crippen LogP contribution in [0.25, 0.3) is 0 Å². The van der Waals surface area contributed by atoms with E-state index < -0.39 is 6.03 Å². The average molecular weight is 543 g/mol. The molecular weight excluding hydrogens is 504 g/mol. The number of hydrogen-bond donors (Lipinski definition) is 3. The number of piperidine rings is 1. The third-order valence-corrected chi connectivity index (χ3v) is 7.71. The average Bonchev–Trinajstić information content (AvgIpc) is 2.89. The highest BCUT2D eigenvalue weighted by molar-refractivity contribution is 6.33. The molecule has 0 spiro atoms. The molecule has 3 heterocycles. The zero-order chi connectivity index (χ0) is 25.7. The summed E-state index contributed by atoms with van der Waals surface area (Å²) in [4.78, 5) is 23.1. The van der Waals surface area contributed by atoms with Crippen molar-refractivity contribution in [3.63, 3.8) is 0 Å². The van der Waals surface area contributed by atoms with Crippen LogP contribution in [0.4, 0.5) is 15.0 Å². The summed E-state index contributed by atoms with van der Waals surface area (Å²) in [5, 5.41) is 3.64. The number of aromatic nitrogens is 1. The third-order valence-electron chi connectivity index (χ3n) is 7.20. The fraction of sp³-hybridized carbons (Fsp3) is 0.520. The molecule has 2 amide bonds. The van der Waals surface area contributed by atoms with Gasteiger partial charge in [0.2, 0.25) is 0 Å². The van der Waals surface area contributed by atoms with Gasteiger partial charge in [-0.25, -0.2) is 20.0 Å². The SMILES string of the molecule is CC[C@H]1CN(c2ncc(CNC(=O)NN)cc2Cl)CCN1C1CCN(Cc2ccc(Cl)cc2F)CC1.[HH].[HH]. The van der Waals surface area contributed by atoms with E-state index in [1.54, 1.807) is 18.3 Å². The summed E-state index contributed by atoms with van der Waals surface area (Å²) in [5.41, 5.74) is 3.54. The van der Waals surface area contributed by atoms with Crippen molar-refractivity contribution >= 4 is 35.1 Å². The van der Waals surface area contributed by atoms with Crippen LogP contribution in [0.3, 0.4) is 0 Å². The maximum atomic E-state index is 14.2. The van der Waals surface area contributed by atoms with Gasteiger partial charge in [-0.15, -0.1) is 0 Å². The number of rotatable bonds is 7. The first-order valence-corrected chi connectivity index (χ1v) is 13.2. The van der Waals surface area contributed by atoms with Crippen molar-refractivity contribution in [3.8, 4) is 0 Å². The van der Waals surface area contributed by atoms with Gasteiger partial charge >= 0.3 is 6.03 Å². The first-order chi connectivity index (χ1) is 17.4. The second-order valence-electron chi connectivity index (χ2n) is 9.46. The molecule has 200 valence electrons. The molecule has 8 nitrogen and oxygen atoms in total. The van der Waals surface area contributed by atoms with Crippen LogP contribution in [0.15, 0.2) is 30.5 Å². The number of urea groups is 1. The molecule has 0 unspecified atom stereocenters. The predicted octanol–water partition coefficient (Wildman–Crippen LogP) is 4.26. The summed E-state index contributed by atoms with van der Waals surface area (Å²) in [7, 11) is 0. The Balaban J connectivity index is 0.00000253. The summed E-state index contributed by atoms with van der Waals surface area (Å²) in [6, 6.07) is 7.25. The molecule has 36 heavy (non-hydrogen) atoms. The van der Waals surface area contributed by atoms with Crippen molar-refractivity contribution in [1.29, 1.82) is 0 Å². The lowest BCUT2D eigenvalue weighted by molar-refractivity contribution is 0.0607. The van der Waals surface area contributed by atoms with E-state index in [2.05, 4.69) is 31.9 Å². The van der Waals surface area contributed by atoms with E-state index in [1.165, 1.54) is 6.07 Å². The number of piperazine rings is 1. The maximum absolute atomic E-state index is 14.2. The molecule has 2 aliphatic rings. The van der Waals surface area contributed by atoms with Gasteiger partial charge in [0, 0.05) is 64.4 Å². The minimum absolute atomic E-state index is 0. The van der Waals surface area contributed by atoms with Gasteiger partial charge in [0.15, 0.2) is 0 Å². The molecule has 1 aromatic heterocycles. The topological polar surface area (TPSA) is 89.8 Å². The molecule has 0 saturated carbocycles. The fourth-order valence-electron chi connectivity index (χ4n) is 5.24. The molecule has 4 rings (SSSR count). The smallest absolute Gasteiger partial charge is 0.329 e. The van der Waals surface area contributed by atoms with Crippen LogP contribution in [0.2, 0.25) is 10.0 Å². The standard InChI is InChI=1S/C25H34Cl2FN7O.2H2/c1-2-20-16-34(24-22(27)11-17(13-30-24)14-31-25(36)32-29)9-10-35(20)21-5-7-33(8-6-21)15-18-3-4-19(26)12-23(18)28;;/h3-4,11-13,20-21H,2,5-10,14-16,29H2,1H3,(H2,31,32,36);2*1H/t20-;;/m0../s1. The molecule has 2 aliphatic heterocycles. The fourth-order valence-corrected chi connectivity index (χ4v) is 5.71. The van der Waals surface area contributed by atoms with Crippen LogP contribution in [0.1, 0.15) is 40.2 Å². The van der Waals surface area contributed by atoms with Crippen molar-refractivity contribution < 1.29 is 12.0 Å². The van der Waals surface area contributed by atoms with Gasteiger partial charge in [-0.1, -0.05) is 36.2 Å². The summed E-state index contributed by atoms with van der Waals surface area (Å²) >= 11 is 12.5. The van der Waals surface area contributed by atoms with E-state index in [9.17, 15) is 9.18 Å². The van der Waals surface area contributed by atoms with Gasteiger partial charge < -0.3 is 10.2 Å². The highest BCUT2D eigenvalue weighted by Gasteiger charge is 2.34. The van der Waals surface area contributed by atoms with E-state index >= 15 is 0 Å². The van der Waals surface area contributed by atoms with Gasteiger partial charge in [0.25, 0.3) is 0 Å². The minimum atomic E-state index is -0.458. The lowest BCUT2D eigenvalue weighted by Crippen LogP contribution is -2.58. The number of carbonyl (C=O) groups is 1. The Kier molecular flexibility index (Phi) is 9.25. The summed E-state index contributed by atoms with van der Waals surface area (Å²) in [6.45, 7) is 7.72. The molecule has 4 N–H and O–H groups in total. The minimum Gasteiger partial charge on any atom is -0.353 e. The first kappa shape index (κ1) is 26.9. The summed E-state index contributed by atoms with van der Waals surface area (Å²) < 4.78 is 14.2. The number of halogens is 3. The lowest BCUT2D eigenvalue weighted by atomic mass is 9.97. The molecule has 2 aromatic rings. The number of benzene rings is 1. The van der Waals surface area contributed by atoms with Crippen LogP contribution in [0.5, 0.6) is 0 Å². The number of amides is 2. The molecule has 2 fully saturated rings. The Morgan fingerprint density at radius 2 is 2.00 bits per heavy atom. The highest BCUT2D eigenvalue weighted by atomic mass is 35.5. The van der Waals surface area contributed by atoms with Gasteiger partial charge in [-0.3, -0.25) is 15.2 Å². The van der Waals surface area contributed by atoms with Crippen LogP contribution >= 0.6 is 23.2 Å². The van der Waals surface area contributed by atoms with Gasteiger partial charge in [-0.05, 0) is 56.1 Å². The van der Waals surface area contributed by atoms with Crippen LogP contribution in [-0.4, -0.2) is 65.6 Å². The number of nitrogens with two attached hydrogens (primary N) is 1. The van der Waals surface area contributed by atoms with E-state index in [4.69, 9.17) is 29.0 Å². The maximum Gasteiger partial charge on any atom is 0.329 e. The molecule has 0 radical (unpaired) electrons. The highest BCUT2D eigenvalue weighted by Crippen LogP contribution is 2.30. The number of pyridine rings is 1. The molecule has 0 bridgehead atoms. The van der Waals surface area contributed by atoms with Crippen LogP contribution in [-0.2, 0) is 13.1 Å². The summed E-state index contributed by atoms with van der Waals surface area (Å²) in [6.07, 6.45) is 4.93. The van der Waals surface area contributed by atoms with E-state index in [0.717, 1.165) is 63.4 Å². The molecule has 0 aliphatic carbocycles. The largest absolute Gasteiger partial charge is 0.353 e. The Morgan fingerprint density at radius 3 is 2.67 bits per heavy atom. The number of anilines is 1. The molecular formula is C25H38Cl2FN7O. The lowest BCUT2D eigenvalue weighted by Gasteiger charge is -2.47. The molecule has 1 atom stereocenters. The second-order valence-corrected chi connectivity index (χ2v) is 10.3. The normalized spacial score (nSPS) is 19.9. The monoisotopic (exact) mass is 541 g/mol. The van der Waals surface area contributed by atoms with Crippen molar-refractivity contribution in [3.05, 3.63) is 57.5 Å². The zero-order valence-corrected chi connectivity index (χ0v) is 22.0. The Morgan fingerprint density at radius 1 is 1.22 bits per heavy atom. The molecule has 1 aromatic carbocycles. The quantitative estimate of drug-likeness (QED) is 0.275. The molecule has 2 saturated heterocycles. The number of hydrogen-bond acceptors (Lipinski definition) is 6. The van der Waals surface area contributed by atoms with E-state index in [-0.39, 0.29) is 8.67 Å². The predicted molar refractivity (Wildman–Crippen MR) is 146 cm³/mol. The van der Waals surface area contributed by atoms with Gasteiger partial charge in [-0.2, -0.15) is 0 Å². The Hall–Kier alpha value is -2.17. The van der Waals surface area contributed by atoms with Crippen LogP contribution in [0, 0.1) is 5.82 Å².